The molecule has 0 radical (unpaired) electrons. The van der Waals surface area contributed by atoms with Gasteiger partial charge in [-0.1, -0.05) is 13.8 Å². The summed E-state index contributed by atoms with van der Waals surface area (Å²) in [5.41, 5.74) is 0. The first kappa shape index (κ1) is 34.1. The quantitative estimate of drug-likeness (QED) is 0.111. The minimum Gasteiger partial charge on any atom is -0.748 e. The SMILES string of the molecule is C[C@@H]1C(NS(=O)(=O)[O-])[C@H](CO)OC(CS(=O)(=O)[O-])[C@@H]1COC[C@@H]1OC(C(=O)O)[C@H](CO)[C@H](C)C1OS(=O)(=O)[O-]. The molecule has 0 aromatic rings. The minimum atomic E-state index is -5.33. The van der Waals surface area contributed by atoms with Crippen LogP contribution in [0.25, 0.3) is 0 Å². The van der Waals surface area contributed by atoms with Gasteiger partial charge in [-0.3, -0.25) is 4.18 Å². The fraction of sp³-hybridized carbons (Fsp3) is 0.944. The van der Waals surface area contributed by atoms with Crippen LogP contribution in [0.4, 0.5) is 0 Å². The molecule has 4 N–H and O–H groups in total. The van der Waals surface area contributed by atoms with E-state index in [1.807, 2.05) is 0 Å². The smallest absolute Gasteiger partial charge is 0.333 e. The van der Waals surface area contributed by atoms with E-state index in [-0.39, 0.29) is 0 Å². The Morgan fingerprint density at radius 3 is 1.95 bits per heavy atom. The lowest BCUT2D eigenvalue weighted by molar-refractivity contribution is -0.207. The molecule has 0 bridgehead atoms. The van der Waals surface area contributed by atoms with Crippen molar-refractivity contribution in [2.45, 2.75) is 50.4 Å². The van der Waals surface area contributed by atoms with Gasteiger partial charge in [0.1, 0.15) is 12.2 Å². The largest absolute Gasteiger partial charge is 0.748 e. The van der Waals surface area contributed by atoms with E-state index in [1.54, 1.807) is 4.72 Å². The Hall–Kier alpha value is -1.08. The number of rotatable bonds is 13. The molecule has 230 valence electrons. The normalized spacial score (nSPS) is 36.5. The zero-order chi connectivity index (χ0) is 29.9. The van der Waals surface area contributed by atoms with Crippen LogP contribution in [0.5, 0.6) is 0 Å². The van der Waals surface area contributed by atoms with Crippen LogP contribution in [-0.2, 0) is 54.0 Å². The maximum atomic E-state index is 11.7. The van der Waals surface area contributed by atoms with Gasteiger partial charge in [-0.15, -0.1) is 0 Å². The van der Waals surface area contributed by atoms with E-state index < -0.39 is 129 Å². The standard InChI is InChI=1S/C18H33NO17S3/c1-8-11(14(7-37(24,25)26)34-12(4-21)15(8)19-38(27,28)29)5-33-6-13-16(36-39(30,31)32)9(2)10(3-20)17(35-13)18(22)23/h8-17,19-21H,3-7H2,1-2H3,(H,22,23)(H,24,25,26)(H,27,28,29)(H,30,31,32)/p-3/t8-,9-,10+,11+,12-,13-,14?,15?,16?,17?/m0/s1. The Morgan fingerprint density at radius 1 is 0.872 bits per heavy atom. The van der Waals surface area contributed by atoms with Crippen LogP contribution in [0.15, 0.2) is 0 Å². The summed E-state index contributed by atoms with van der Waals surface area (Å²) in [4.78, 5) is 11.7. The molecule has 0 saturated carbocycles. The van der Waals surface area contributed by atoms with Crippen molar-refractivity contribution in [3.05, 3.63) is 0 Å². The summed E-state index contributed by atoms with van der Waals surface area (Å²) in [5, 5.41) is 28.7. The molecule has 10 atom stereocenters. The number of aliphatic hydroxyl groups excluding tert-OH is 2. The highest BCUT2D eigenvalue weighted by molar-refractivity contribution is 7.85. The highest BCUT2D eigenvalue weighted by Gasteiger charge is 2.49. The molecule has 2 saturated heterocycles. The van der Waals surface area contributed by atoms with Gasteiger partial charge in [0, 0.05) is 18.4 Å². The highest BCUT2D eigenvalue weighted by Crippen LogP contribution is 2.35. The molecule has 2 heterocycles. The molecule has 2 rings (SSSR count). The predicted octanol–water partition coefficient (Wildman–Crippen LogP) is -4.08. The molecule has 4 unspecified atom stereocenters. The van der Waals surface area contributed by atoms with E-state index in [0.29, 0.717) is 0 Å². The van der Waals surface area contributed by atoms with Crippen LogP contribution in [0.2, 0.25) is 0 Å². The Balaban J connectivity index is 2.30. The second-order valence-corrected chi connectivity index (χ2v) is 13.0. The molecule has 2 aliphatic rings. The number of carbonyl (C=O) groups is 1. The Bertz CT molecular complexity index is 1160. The number of carboxylic acid groups (broad SMARTS) is 1. The maximum absolute atomic E-state index is 11.7. The molecule has 0 aromatic carbocycles. The monoisotopic (exact) mass is 628 g/mol. The second-order valence-electron chi connectivity index (χ2n) is 9.39. The number of carboxylic acids is 1. The number of aliphatic carboxylic acids is 1. The van der Waals surface area contributed by atoms with Crippen LogP contribution < -0.4 is 4.72 Å². The molecular weight excluding hydrogens is 598 g/mol. The molecule has 0 aliphatic carbocycles. The zero-order valence-electron chi connectivity index (χ0n) is 20.6. The molecule has 0 spiro atoms. The summed E-state index contributed by atoms with van der Waals surface area (Å²) in [6.07, 6.45) is -7.60. The fourth-order valence-corrected chi connectivity index (χ4v) is 6.95. The van der Waals surface area contributed by atoms with Crippen molar-refractivity contribution in [1.82, 2.24) is 4.72 Å². The average molecular weight is 629 g/mol. The molecular formula is C18H30NO17S3-3. The Labute approximate surface area is 225 Å². The van der Waals surface area contributed by atoms with Gasteiger partial charge < -0.3 is 43.2 Å². The lowest BCUT2D eigenvalue weighted by Gasteiger charge is -2.46. The van der Waals surface area contributed by atoms with Crippen molar-refractivity contribution in [2.75, 3.05) is 32.2 Å². The lowest BCUT2D eigenvalue weighted by Crippen LogP contribution is -2.60. The number of aliphatic hydroxyl groups is 2. The van der Waals surface area contributed by atoms with Gasteiger partial charge in [0.2, 0.25) is 10.4 Å². The first-order chi connectivity index (χ1) is 17.8. The van der Waals surface area contributed by atoms with Gasteiger partial charge in [0.25, 0.3) is 0 Å². The summed E-state index contributed by atoms with van der Waals surface area (Å²) in [7, 11) is -15.3. The molecule has 0 amide bonds. The third-order valence-corrected chi connectivity index (χ3v) is 8.60. The van der Waals surface area contributed by atoms with Gasteiger partial charge in [-0.05, 0) is 11.8 Å². The molecule has 0 aromatic heterocycles. The Morgan fingerprint density at radius 2 is 1.49 bits per heavy atom. The van der Waals surface area contributed by atoms with Gasteiger partial charge in [-0.2, -0.15) is 0 Å². The summed E-state index contributed by atoms with van der Waals surface area (Å²) in [5.74, 6) is -6.92. The molecule has 21 heteroatoms. The van der Waals surface area contributed by atoms with Crippen LogP contribution in [-0.4, -0.2) is 129 Å². The summed E-state index contributed by atoms with van der Waals surface area (Å²) in [6, 6.07) is -1.37. The van der Waals surface area contributed by atoms with Crippen molar-refractivity contribution < 1.29 is 77.4 Å². The van der Waals surface area contributed by atoms with E-state index in [9.17, 15) is 59.0 Å². The fourth-order valence-electron chi connectivity index (χ4n) is 4.95. The molecule has 18 nitrogen and oxygen atoms in total. The number of hydrogen-bond acceptors (Lipinski definition) is 16. The molecule has 2 fully saturated rings. The van der Waals surface area contributed by atoms with E-state index >= 15 is 0 Å². The summed E-state index contributed by atoms with van der Waals surface area (Å²) in [6.45, 7) is -0.0803. The third-order valence-electron chi connectivity index (χ3n) is 6.84. The number of hydrogen-bond donors (Lipinski definition) is 4. The van der Waals surface area contributed by atoms with Crippen molar-refractivity contribution in [2.24, 2.45) is 23.7 Å². The molecule has 2 aliphatic heterocycles. The Kier molecular flexibility index (Phi) is 11.6. The summed E-state index contributed by atoms with van der Waals surface area (Å²) < 4.78 is 125. The highest BCUT2D eigenvalue weighted by atomic mass is 32.3. The second kappa shape index (κ2) is 13.3. The van der Waals surface area contributed by atoms with Crippen LogP contribution in [0.1, 0.15) is 13.8 Å². The van der Waals surface area contributed by atoms with Crippen LogP contribution in [0.3, 0.4) is 0 Å². The van der Waals surface area contributed by atoms with E-state index in [2.05, 4.69) is 4.18 Å². The van der Waals surface area contributed by atoms with Gasteiger partial charge in [-0.25, -0.2) is 34.8 Å². The summed E-state index contributed by atoms with van der Waals surface area (Å²) >= 11 is 0. The zero-order valence-corrected chi connectivity index (χ0v) is 23.0. The van der Waals surface area contributed by atoms with E-state index in [4.69, 9.17) is 14.2 Å². The predicted molar refractivity (Wildman–Crippen MR) is 121 cm³/mol. The van der Waals surface area contributed by atoms with Crippen LogP contribution >= 0.6 is 0 Å². The van der Waals surface area contributed by atoms with Gasteiger partial charge in [0.05, 0.1) is 53.9 Å². The van der Waals surface area contributed by atoms with Crippen molar-refractivity contribution in [1.29, 1.82) is 0 Å². The first-order valence-electron chi connectivity index (χ1n) is 11.4. The third kappa shape index (κ3) is 9.76. The average Bonchev–Trinajstić information content (AvgIpc) is 2.76. The van der Waals surface area contributed by atoms with Crippen LogP contribution in [0, 0.1) is 23.7 Å². The topological polar surface area (TPSA) is 298 Å². The van der Waals surface area contributed by atoms with Crippen molar-refractivity contribution >= 4 is 36.8 Å². The van der Waals surface area contributed by atoms with E-state index in [1.165, 1.54) is 13.8 Å². The van der Waals surface area contributed by atoms with Gasteiger partial charge in [0.15, 0.2) is 16.4 Å². The number of ether oxygens (including phenoxy) is 3. The van der Waals surface area contributed by atoms with Crippen molar-refractivity contribution in [3.63, 3.8) is 0 Å². The number of nitrogens with one attached hydrogen (secondary N) is 1. The maximum Gasteiger partial charge on any atom is 0.333 e. The first-order valence-corrected chi connectivity index (χ1v) is 15.7. The van der Waals surface area contributed by atoms with E-state index in [0.717, 1.165) is 0 Å². The van der Waals surface area contributed by atoms with Crippen molar-refractivity contribution in [3.8, 4) is 0 Å². The lowest BCUT2D eigenvalue weighted by atomic mass is 9.79. The molecule has 39 heavy (non-hydrogen) atoms. The minimum absolute atomic E-state index is 0.525. The van der Waals surface area contributed by atoms with Gasteiger partial charge >= 0.3 is 5.97 Å².